The summed E-state index contributed by atoms with van der Waals surface area (Å²) in [5.41, 5.74) is 8.79. The van der Waals surface area contributed by atoms with E-state index in [1.54, 1.807) is 18.2 Å². The van der Waals surface area contributed by atoms with E-state index >= 15 is 0 Å². The SMILES string of the molecule is COC(=O)c1ccc(Oc2c(C)cccc2C)c(N)c1. The molecule has 2 aromatic rings. The molecule has 0 aliphatic carbocycles. The van der Waals surface area contributed by atoms with Gasteiger partial charge in [0.15, 0.2) is 0 Å². The molecule has 0 atom stereocenters. The molecule has 0 saturated heterocycles. The number of rotatable bonds is 3. The smallest absolute Gasteiger partial charge is 0.337 e. The first-order valence-corrected chi connectivity index (χ1v) is 6.25. The molecule has 0 aliphatic rings. The number of hydrogen-bond donors (Lipinski definition) is 1. The number of carbonyl (C=O) groups excluding carboxylic acids is 1. The minimum atomic E-state index is -0.421. The predicted octanol–water partition coefficient (Wildman–Crippen LogP) is 3.46. The summed E-state index contributed by atoms with van der Waals surface area (Å²) >= 11 is 0. The average molecular weight is 271 g/mol. The first-order chi connectivity index (χ1) is 9.52. The van der Waals surface area contributed by atoms with Gasteiger partial charge in [0.2, 0.25) is 0 Å². The molecule has 0 aliphatic heterocycles. The minimum Gasteiger partial charge on any atom is -0.465 e. The Kier molecular flexibility index (Phi) is 3.94. The van der Waals surface area contributed by atoms with Gasteiger partial charge in [-0.1, -0.05) is 18.2 Å². The number of benzene rings is 2. The highest BCUT2D eigenvalue weighted by molar-refractivity contribution is 5.90. The Labute approximate surface area is 118 Å². The van der Waals surface area contributed by atoms with Gasteiger partial charge in [-0.3, -0.25) is 0 Å². The highest BCUT2D eigenvalue weighted by Crippen LogP contribution is 2.32. The average Bonchev–Trinajstić information content (AvgIpc) is 2.43. The minimum absolute atomic E-state index is 0.399. The lowest BCUT2D eigenvalue weighted by molar-refractivity contribution is 0.0601. The third-order valence-electron chi connectivity index (χ3n) is 3.05. The van der Waals surface area contributed by atoms with Gasteiger partial charge in [-0.25, -0.2) is 4.79 Å². The summed E-state index contributed by atoms with van der Waals surface area (Å²) in [6, 6.07) is 10.8. The lowest BCUT2D eigenvalue weighted by Crippen LogP contribution is -2.03. The summed E-state index contributed by atoms with van der Waals surface area (Å²) in [5, 5.41) is 0. The fraction of sp³-hybridized carbons (Fsp3) is 0.188. The highest BCUT2D eigenvalue weighted by Gasteiger charge is 2.11. The van der Waals surface area contributed by atoms with Crippen molar-refractivity contribution in [3.05, 3.63) is 53.1 Å². The molecule has 4 nitrogen and oxygen atoms in total. The van der Waals surface area contributed by atoms with Gasteiger partial charge in [0.25, 0.3) is 0 Å². The summed E-state index contributed by atoms with van der Waals surface area (Å²) in [6.07, 6.45) is 0. The Hall–Kier alpha value is -2.49. The van der Waals surface area contributed by atoms with Crippen molar-refractivity contribution in [3.8, 4) is 11.5 Å². The molecule has 0 saturated carbocycles. The number of para-hydroxylation sites is 1. The van der Waals surface area contributed by atoms with Gasteiger partial charge in [0.1, 0.15) is 11.5 Å². The monoisotopic (exact) mass is 271 g/mol. The number of ether oxygens (including phenoxy) is 2. The third kappa shape index (κ3) is 2.74. The molecule has 0 unspecified atom stereocenters. The number of methoxy groups -OCH3 is 1. The van der Waals surface area contributed by atoms with E-state index in [-0.39, 0.29) is 0 Å². The van der Waals surface area contributed by atoms with Gasteiger partial charge in [-0.2, -0.15) is 0 Å². The van der Waals surface area contributed by atoms with Crippen LogP contribution in [0.15, 0.2) is 36.4 Å². The summed E-state index contributed by atoms with van der Waals surface area (Å²) in [6.45, 7) is 3.95. The number of carbonyl (C=O) groups is 1. The van der Waals surface area contributed by atoms with Gasteiger partial charge >= 0.3 is 5.97 Å². The Bertz CT molecular complexity index is 630. The van der Waals surface area contributed by atoms with Crippen molar-refractivity contribution < 1.29 is 14.3 Å². The van der Waals surface area contributed by atoms with Crippen molar-refractivity contribution in [3.63, 3.8) is 0 Å². The highest BCUT2D eigenvalue weighted by atomic mass is 16.5. The summed E-state index contributed by atoms with van der Waals surface area (Å²) in [7, 11) is 1.33. The van der Waals surface area contributed by atoms with Crippen LogP contribution >= 0.6 is 0 Å². The van der Waals surface area contributed by atoms with Crippen LogP contribution in [-0.2, 0) is 4.74 Å². The maximum atomic E-state index is 11.4. The van der Waals surface area contributed by atoms with Crippen molar-refractivity contribution in [1.29, 1.82) is 0 Å². The Morgan fingerprint density at radius 1 is 1.10 bits per heavy atom. The van der Waals surface area contributed by atoms with E-state index in [2.05, 4.69) is 4.74 Å². The zero-order valence-electron chi connectivity index (χ0n) is 11.8. The van der Waals surface area contributed by atoms with Crippen LogP contribution < -0.4 is 10.5 Å². The molecule has 0 fully saturated rings. The lowest BCUT2D eigenvalue weighted by atomic mass is 10.1. The van der Waals surface area contributed by atoms with E-state index in [1.807, 2.05) is 32.0 Å². The fourth-order valence-corrected chi connectivity index (χ4v) is 1.96. The molecular formula is C16H17NO3. The van der Waals surface area contributed by atoms with Crippen LogP contribution in [0.1, 0.15) is 21.5 Å². The maximum absolute atomic E-state index is 11.4. The van der Waals surface area contributed by atoms with Gasteiger partial charge in [0, 0.05) is 0 Å². The maximum Gasteiger partial charge on any atom is 0.337 e. The molecule has 4 heteroatoms. The zero-order chi connectivity index (χ0) is 14.7. The van der Waals surface area contributed by atoms with Crippen molar-refractivity contribution in [2.45, 2.75) is 13.8 Å². The van der Waals surface area contributed by atoms with Crippen molar-refractivity contribution in [2.75, 3.05) is 12.8 Å². The van der Waals surface area contributed by atoms with Gasteiger partial charge in [0.05, 0.1) is 18.4 Å². The molecule has 0 radical (unpaired) electrons. The van der Waals surface area contributed by atoms with Crippen molar-refractivity contribution in [2.24, 2.45) is 0 Å². The quantitative estimate of drug-likeness (QED) is 0.686. The number of aryl methyl sites for hydroxylation is 2. The molecule has 2 N–H and O–H groups in total. The molecule has 0 amide bonds. The summed E-state index contributed by atoms with van der Waals surface area (Å²) in [5.74, 6) is 0.885. The second-order valence-corrected chi connectivity index (χ2v) is 4.57. The van der Waals surface area contributed by atoms with Gasteiger partial charge in [-0.15, -0.1) is 0 Å². The Morgan fingerprint density at radius 3 is 2.30 bits per heavy atom. The van der Waals surface area contributed by atoms with Crippen LogP contribution in [0.2, 0.25) is 0 Å². The largest absolute Gasteiger partial charge is 0.465 e. The van der Waals surface area contributed by atoms with Crippen LogP contribution in [0, 0.1) is 13.8 Å². The molecule has 2 rings (SSSR count). The first kappa shape index (κ1) is 13.9. The number of esters is 1. The van der Waals surface area contributed by atoms with Gasteiger partial charge in [-0.05, 0) is 43.2 Å². The van der Waals surface area contributed by atoms with Crippen molar-refractivity contribution >= 4 is 11.7 Å². The molecular weight excluding hydrogens is 254 g/mol. The van der Waals surface area contributed by atoms with Crippen LogP contribution in [0.5, 0.6) is 11.5 Å². The second-order valence-electron chi connectivity index (χ2n) is 4.57. The number of nitrogens with two attached hydrogens (primary N) is 1. The normalized spacial score (nSPS) is 10.2. The van der Waals surface area contributed by atoms with E-state index < -0.39 is 5.97 Å². The van der Waals surface area contributed by atoms with E-state index in [0.717, 1.165) is 16.9 Å². The molecule has 0 spiro atoms. The standard InChI is InChI=1S/C16H17NO3/c1-10-5-4-6-11(2)15(10)20-14-8-7-12(9-13(14)17)16(18)19-3/h4-9H,17H2,1-3H3. The Balaban J connectivity index is 2.33. The summed E-state index contributed by atoms with van der Waals surface area (Å²) in [4.78, 5) is 11.4. The Morgan fingerprint density at radius 2 is 1.75 bits per heavy atom. The van der Waals surface area contributed by atoms with E-state index in [0.29, 0.717) is 17.0 Å². The molecule has 20 heavy (non-hydrogen) atoms. The molecule has 0 bridgehead atoms. The van der Waals surface area contributed by atoms with Crippen LogP contribution in [0.3, 0.4) is 0 Å². The first-order valence-electron chi connectivity index (χ1n) is 6.25. The lowest BCUT2D eigenvalue weighted by Gasteiger charge is -2.13. The van der Waals surface area contributed by atoms with Crippen molar-refractivity contribution in [1.82, 2.24) is 0 Å². The molecule has 104 valence electrons. The molecule has 0 heterocycles. The third-order valence-corrected chi connectivity index (χ3v) is 3.05. The molecule has 2 aromatic carbocycles. The van der Waals surface area contributed by atoms with Gasteiger partial charge < -0.3 is 15.2 Å². The molecule has 0 aromatic heterocycles. The van der Waals surface area contributed by atoms with Crippen LogP contribution in [0.25, 0.3) is 0 Å². The van der Waals surface area contributed by atoms with Crippen LogP contribution in [0.4, 0.5) is 5.69 Å². The van der Waals surface area contributed by atoms with E-state index in [1.165, 1.54) is 7.11 Å². The fourth-order valence-electron chi connectivity index (χ4n) is 1.96. The van der Waals surface area contributed by atoms with E-state index in [4.69, 9.17) is 10.5 Å². The number of hydrogen-bond acceptors (Lipinski definition) is 4. The number of nitrogen functional groups attached to an aromatic ring is 1. The van der Waals surface area contributed by atoms with Crippen LogP contribution in [-0.4, -0.2) is 13.1 Å². The number of anilines is 1. The zero-order valence-corrected chi connectivity index (χ0v) is 11.8. The predicted molar refractivity (Wildman–Crippen MR) is 78.2 cm³/mol. The summed E-state index contributed by atoms with van der Waals surface area (Å²) < 4.78 is 10.5. The second kappa shape index (κ2) is 5.65. The van der Waals surface area contributed by atoms with E-state index in [9.17, 15) is 4.79 Å². The topological polar surface area (TPSA) is 61.5 Å².